The number of nitrogens with zero attached hydrogens (tertiary/aromatic N) is 2. The highest BCUT2D eigenvalue weighted by Gasteiger charge is 2.15. The fraction of sp³-hybridized carbons (Fsp3) is 0.188. The van der Waals surface area contributed by atoms with Crippen LogP contribution in [0.1, 0.15) is 27.3 Å². The van der Waals surface area contributed by atoms with E-state index < -0.39 is 5.97 Å². The lowest BCUT2D eigenvalue weighted by Crippen LogP contribution is -2.11. The molecule has 0 radical (unpaired) electrons. The molecule has 0 bridgehead atoms. The maximum absolute atomic E-state index is 11.4. The first-order valence-corrected chi connectivity index (χ1v) is 7.12. The van der Waals surface area contributed by atoms with E-state index in [1.54, 1.807) is 24.4 Å². The van der Waals surface area contributed by atoms with Gasteiger partial charge in [0.2, 0.25) is 0 Å². The molecule has 0 saturated carbocycles. The van der Waals surface area contributed by atoms with Gasteiger partial charge in [0.1, 0.15) is 0 Å². The van der Waals surface area contributed by atoms with E-state index in [1.165, 1.54) is 0 Å². The number of aromatic nitrogens is 1. The maximum Gasteiger partial charge on any atom is 0.337 e. The Labute approximate surface area is 134 Å². The number of para-hydroxylation sites is 1. The largest absolute Gasteiger partial charge is 0.478 e. The van der Waals surface area contributed by atoms with Crippen LogP contribution in [0.3, 0.4) is 0 Å². The molecular weight excluding hydrogens is 298 g/mol. The third-order valence-corrected chi connectivity index (χ3v) is 3.45. The lowest BCUT2D eigenvalue weighted by atomic mass is 10.1. The first-order valence-electron chi connectivity index (χ1n) is 6.71. The number of rotatable bonds is 5. The van der Waals surface area contributed by atoms with E-state index in [0.717, 1.165) is 17.0 Å². The van der Waals surface area contributed by atoms with Gasteiger partial charge in [-0.05, 0) is 32.0 Å². The summed E-state index contributed by atoms with van der Waals surface area (Å²) in [6, 6.07) is 8.88. The number of thiocarbonyl (C=S) groups is 1. The van der Waals surface area contributed by atoms with Gasteiger partial charge in [-0.1, -0.05) is 24.4 Å². The zero-order chi connectivity index (χ0) is 16.3. The number of hydrogen-bond acceptors (Lipinski definition) is 3. The Kier molecular flexibility index (Phi) is 4.72. The van der Waals surface area contributed by atoms with Crippen molar-refractivity contribution in [3.8, 4) is 5.69 Å². The molecule has 0 amide bonds. The van der Waals surface area contributed by atoms with Crippen molar-refractivity contribution in [3.05, 3.63) is 52.8 Å². The number of aliphatic imine (C=N–C) groups is 1. The average Bonchev–Trinajstić information content (AvgIpc) is 2.73. The molecule has 0 spiro atoms. The van der Waals surface area contributed by atoms with Gasteiger partial charge in [-0.2, -0.15) is 0 Å². The van der Waals surface area contributed by atoms with Gasteiger partial charge in [-0.25, -0.2) is 4.79 Å². The molecule has 22 heavy (non-hydrogen) atoms. The number of benzene rings is 1. The van der Waals surface area contributed by atoms with Crippen LogP contribution in [-0.4, -0.2) is 33.4 Å². The second-order valence-electron chi connectivity index (χ2n) is 4.92. The summed E-state index contributed by atoms with van der Waals surface area (Å²) in [6.07, 6.45) is 1.71. The number of aromatic carboxylic acids is 1. The lowest BCUT2D eigenvalue weighted by Gasteiger charge is -2.12. The summed E-state index contributed by atoms with van der Waals surface area (Å²) in [5.41, 5.74) is 9.08. The van der Waals surface area contributed by atoms with E-state index in [0.29, 0.717) is 17.2 Å². The second-order valence-corrected chi connectivity index (χ2v) is 5.44. The second kappa shape index (κ2) is 6.53. The molecule has 1 aromatic carbocycles. The van der Waals surface area contributed by atoms with Crippen molar-refractivity contribution in [1.29, 1.82) is 0 Å². The van der Waals surface area contributed by atoms with Crippen molar-refractivity contribution < 1.29 is 9.90 Å². The first kappa shape index (κ1) is 15.9. The van der Waals surface area contributed by atoms with E-state index in [9.17, 15) is 9.90 Å². The highest BCUT2D eigenvalue weighted by atomic mass is 32.1. The highest BCUT2D eigenvalue weighted by molar-refractivity contribution is 7.80. The van der Waals surface area contributed by atoms with Crippen molar-refractivity contribution in [2.45, 2.75) is 13.8 Å². The van der Waals surface area contributed by atoms with Crippen molar-refractivity contribution in [2.75, 3.05) is 6.54 Å². The molecule has 1 heterocycles. The minimum atomic E-state index is -0.952. The van der Waals surface area contributed by atoms with Gasteiger partial charge in [0.05, 0.1) is 22.8 Å². The van der Waals surface area contributed by atoms with Crippen LogP contribution in [0.15, 0.2) is 35.3 Å². The number of hydrogen-bond donors (Lipinski definition) is 2. The van der Waals surface area contributed by atoms with Gasteiger partial charge in [0.15, 0.2) is 0 Å². The van der Waals surface area contributed by atoms with Crippen molar-refractivity contribution in [2.24, 2.45) is 10.7 Å². The van der Waals surface area contributed by atoms with E-state index in [2.05, 4.69) is 4.99 Å². The Hall–Kier alpha value is -2.47. The van der Waals surface area contributed by atoms with Gasteiger partial charge >= 0.3 is 5.97 Å². The molecule has 2 aromatic rings. The zero-order valence-electron chi connectivity index (χ0n) is 12.4. The Morgan fingerprint density at radius 1 is 1.41 bits per heavy atom. The molecule has 114 valence electrons. The average molecular weight is 315 g/mol. The van der Waals surface area contributed by atoms with Gasteiger partial charge in [0.25, 0.3) is 0 Å². The molecule has 0 aliphatic carbocycles. The van der Waals surface area contributed by atoms with Crippen LogP contribution in [-0.2, 0) is 0 Å². The molecule has 0 atom stereocenters. The molecule has 0 unspecified atom stereocenters. The summed E-state index contributed by atoms with van der Waals surface area (Å²) in [5.74, 6) is -0.952. The smallest absolute Gasteiger partial charge is 0.337 e. The van der Waals surface area contributed by atoms with E-state index in [-0.39, 0.29) is 5.56 Å². The Morgan fingerprint density at radius 2 is 2.09 bits per heavy atom. The summed E-state index contributed by atoms with van der Waals surface area (Å²) in [5, 5.41) is 9.35. The molecule has 5 nitrogen and oxygen atoms in total. The molecular formula is C16H17N3O2S. The third-order valence-electron chi connectivity index (χ3n) is 3.32. The standard InChI is InChI=1S/C16H17N3O2S/c1-10-7-12(8-18-9-15(17)22)11(2)19(10)14-6-4-3-5-13(14)16(20)21/h3-8H,9H2,1-2H3,(H2,17,22)(H,20,21). The van der Waals surface area contributed by atoms with E-state index in [4.69, 9.17) is 18.0 Å². The fourth-order valence-corrected chi connectivity index (χ4v) is 2.45. The Balaban J connectivity index is 2.50. The Bertz CT molecular complexity index is 763. The zero-order valence-corrected chi connectivity index (χ0v) is 13.2. The van der Waals surface area contributed by atoms with Crippen LogP contribution in [0, 0.1) is 13.8 Å². The van der Waals surface area contributed by atoms with Crippen LogP contribution in [0.4, 0.5) is 0 Å². The van der Waals surface area contributed by atoms with Crippen LogP contribution in [0.2, 0.25) is 0 Å². The van der Waals surface area contributed by atoms with Crippen LogP contribution >= 0.6 is 12.2 Å². The lowest BCUT2D eigenvalue weighted by molar-refractivity contribution is 0.0697. The number of aryl methyl sites for hydroxylation is 1. The van der Waals surface area contributed by atoms with Gasteiger partial charge in [-0.15, -0.1) is 0 Å². The molecule has 0 saturated heterocycles. The van der Waals surface area contributed by atoms with Crippen LogP contribution in [0.5, 0.6) is 0 Å². The normalized spacial score (nSPS) is 11.0. The van der Waals surface area contributed by atoms with Crippen molar-refractivity contribution in [1.82, 2.24) is 4.57 Å². The summed E-state index contributed by atoms with van der Waals surface area (Å²) in [7, 11) is 0. The predicted octanol–water partition coefficient (Wildman–Crippen LogP) is 2.50. The SMILES string of the molecule is Cc1cc(C=NCC(N)=S)c(C)n1-c1ccccc1C(=O)O. The molecule has 1 aromatic heterocycles. The van der Waals surface area contributed by atoms with Crippen LogP contribution < -0.4 is 5.73 Å². The topological polar surface area (TPSA) is 80.6 Å². The number of carboxylic acids is 1. The highest BCUT2D eigenvalue weighted by Crippen LogP contribution is 2.22. The van der Waals surface area contributed by atoms with Crippen molar-refractivity contribution >= 4 is 29.4 Å². The first-order chi connectivity index (χ1) is 10.4. The van der Waals surface area contributed by atoms with E-state index >= 15 is 0 Å². The summed E-state index contributed by atoms with van der Waals surface area (Å²) in [6.45, 7) is 4.15. The maximum atomic E-state index is 11.4. The molecule has 0 aliphatic heterocycles. The molecule has 2 rings (SSSR count). The van der Waals surface area contributed by atoms with Crippen LogP contribution in [0.25, 0.3) is 5.69 Å². The minimum Gasteiger partial charge on any atom is -0.478 e. The van der Waals surface area contributed by atoms with Gasteiger partial charge in [0, 0.05) is 23.2 Å². The third kappa shape index (κ3) is 3.23. The molecule has 0 aliphatic rings. The quantitative estimate of drug-likeness (QED) is 0.656. The summed E-state index contributed by atoms with van der Waals surface area (Å²) >= 11 is 4.79. The van der Waals surface area contributed by atoms with Gasteiger partial charge < -0.3 is 15.4 Å². The monoisotopic (exact) mass is 315 g/mol. The molecule has 3 N–H and O–H groups in total. The summed E-state index contributed by atoms with van der Waals surface area (Å²) < 4.78 is 1.91. The predicted molar refractivity (Wildman–Crippen MR) is 91.4 cm³/mol. The molecule has 0 fully saturated rings. The number of carboxylic acid groups (broad SMARTS) is 1. The van der Waals surface area contributed by atoms with Gasteiger partial charge in [-0.3, -0.25) is 4.99 Å². The fourth-order valence-electron chi connectivity index (χ4n) is 2.37. The minimum absolute atomic E-state index is 0.260. The molecule has 6 heteroatoms. The number of nitrogens with two attached hydrogens (primary N) is 1. The summed E-state index contributed by atoms with van der Waals surface area (Å²) in [4.78, 5) is 15.9. The van der Waals surface area contributed by atoms with Crippen molar-refractivity contribution in [3.63, 3.8) is 0 Å². The Morgan fingerprint density at radius 3 is 2.73 bits per heavy atom. The number of carbonyl (C=O) groups is 1. The van der Waals surface area contributed by atoms with E-state index in [1.807, 2.05) is 30.5 Å².